The Morgan fingerprint density at radius 3 is 2.25 bits per heavy atom. The molecule has 1 rings (SSSR count). The third-order valence-electron chi connectivity index (χ3n) is 1.56. The maximum absolute atomic E-state index is 3.25. The molecule has 1 aliphatic heterocycles. The molecule has 0 aliphatic carbocycles. The van der Waals surface area contributed by atoms with E-state index in [2.05, 4.69) is 19.2 Å². The van der Waals surface area contributed by atoms with Gasteiger partial charge in [-0.2, -0.15) is 0 Å². The van der Waals surface area contributed by atoms with E-state index < -0.39 is 0 Å². The van der Waals surface area contributed by atoms with Crippen molar-refractivity contribution in [3.05, 3.63) is 5.92 Å². The minimum Gasteiger partial charge on any atom is -0.316 e. The lowest BCUT2D eigenvalue weighted by atomic mass is 9.93. The molecule has 1 N–H and O–H groups in total. The lowest BCUT2D eigenvalue weighted by Crippen LogP contribution is -2.42. The molecule has 0 spiro atoms. The smallest absolute Gasteiger partial charge is 0.000805 e. The van der Waals surface area contributed by atoms with E-state index in [1.165, 1.54) is 19.5 Å². The zero-order chi connectivity index (χ0) is 5.98. The van der Waals surface area contributed by atoms with Crippen molar-refractivity contribution in [1.29, 1.82) is 0 Å². The highest BCUT2D eigenvalue weighted by Crippen LogP contribution is 2.15. The molecule has 0 amide bonds. The normalized spacial score (nSPS) is 21.4. The molecule has 0 saturated carbocycles. The second kappa shape index (κ2) is 2.49. The molecule has 1 aliphatic rings. The Kier molecular flexibility index (Phi) is 1.90. The Balaban J connectivity index is 2.01. The Hall–Kier alpha value is -0.0400. The lowest BCUT2D eigenvalue weighted by Gasteiger charge is -2.28. The molecule has 1 saturated heterocycles. The molecular weight excluding hydrogens is 98.1 g/mol. The topological polar surface area (TPSA) is 12.0 Å². The molecule has 0 bridgehead atoms. The van der Waals surface area contributed by atoms with Gasteiger partial charge in [0.05, 0.1) is 0 Å². The van der Waals surface area contributed by atoms with Gasteiger partial charge in [-0.25, -0.2) is 0 Å². The Morgan fingerprint density at radius 1 is 1.50 bits per heavy atom. The third-order valence-corrected chi connectivity index (χ3v) is 1.56. The molecule has 1 heteroatoms. The summed E-state index contributed by atoms with van der Waals surface area (Å²) in [5.41, 5.74) is 0. The molecule has 47 valence electrons. The summed E-state index contributed by atoms with van der Waals surface area (Å²) in [6.45, 7) is 6.90. The molecule has 8 heavy (non-hydrogen) atoms. The number of hydrogen-bond donors (Lipinski definition) is 1. The highest BCUT2D eigenvalue weighted by atomic mass is 14.9. The van der Waals surface area contributed by atoms with Crippen LogP contribution in [-0.2, 0) is 0 Å². The Bertz CT molecular complexity index is 64.8. The average Bonchev–Trinajstić information content (AvgIpc) is 1.55. The number of nitrogens with one attached hydrogen (secondary N) is 1. The molecule has 0 aromatic carbocycles. The first kappa shape index (κ1) is 6.09. The van der Waals surface area contributed by atoms with Gasteiger partial charge in [0.2, 0.25) is 0 Å². The summed E-state index contributed by atoms with van der Waals surface area (Å²) < 4.78 is 0. The quantitative estimate of drug-likeness (QED) is 0.566. The van der Waals surface area contributed by atoms with Gasteiger partial charge in [-0.3, -0.25) is 0 Å². The van der Waals surface area contributed by atoms with Crippen LogP contribution >= 0.6 is 0 Å². The van der Waals surface area contributed by atoms with E-state index in [1.54, 1.807) is 5.92 Å². The van der Waals surface area contributed by atoms with Gasteiger partial charge < -0.3 is 5.32 Å². The van der Waals surface area contributed by atoms with Crippen molar-refractivity contribution in [2.24, 2.45) is 5.92 Å². The standard InChI is InChI=1S/C7H14N/c1-6(2)3-7-4-8-5-7/h7-8H,3-5H2,1-2H3. The molecule has 1 fully saturated rings. The van der Waals surface area contributed by atoms with E-state index in [9.17, 15) is 0 Å². The van der Waals surface area contributed by atoms with Gasteiger partial charge in [0, 0.05) is 0 Å². The summed E-state index contributed by atoms with van der Waals surface area (Å²) in [6, 6.07) is 0. The van der Waals surface area contributed by atoms with E-state index in [-0.39, 0.29) is 0 Å². The van der Waals surface area contributed by atoms with E-state index in [4.69, 9.17) is 0 Å². The van der Waals surface area contributed by atoms with Crippen LogP contribution in [0.4, 0.5) is 0 Å². The summed E-state index contributed by atoms with van der Waals surface area (Å²) in [5, 5.41) is 3.25. The highest BCUT2D eigenvalue weighted by molar-refractivity contribution is 4.86. The third kappa shape index (κ3) is 1.48. The summed E-state index contributed by atoms with van der Waals surface area (Å²) >= 11 is 0. The molecule has 0 unspecified atom stereocenters. The molecule has 0 aromatic rings. The van der Waals surface area contributed by atoms with Gasteiger partial charge in [-0.15, -0.1) is 0 Å². The maximum Gasteiger partial charge on any atom is -0.000805 e. The van der Waals surface area contributed by atoms with Crippen LogP contribution in [0.5, 0.6) is 0 Å². The molecule has 1 nitrogen and oxygen atoms in total. The van der Waals surface area contributed by atoms with Crippen molar-refractivity contribution >= 4 is 0 Å². The minimum absolute atomic E-state index is 0.958. The highest BCUT2D eigenvalue weighted by Gasteiger charge is 2.16. The molecule has 1 heterocycles. The van der Waals surface area contributed by atoms with Gasteiger partial charge in [0.1, 0.15) is 0 Å². The zero-order valence-electron chi connectivity index (χ0n) is 5.70. The van der Waals surface area contributed by atoms with E-state index in [1.807, 2.05) is 0 Å². The van der Waals surface area contributed by atoms with Crippen LogP contribution in [0.25, 0.3) is 0 Å². The van der Waals surface area contributed by atoms with Crippen LogP contribution < -0.4 is 5.32 Å². The zero-order valence-corrected chi connectivity index (χ0v) is 5.70. The van der Waals surface area contributed by atoms with Gasteiger partial charge in [0.25, 0.3) is 0 Å². The summed E-state index contributed by atoms with van der Waals surface area (Å²) in [6.07, 6.45) is 1.33. The first-order valence-corrected chi connectivity index (χ1v) is 3.29. The average molecular weight is 112 g/mol. The largest absolute Gasteiger partial charge is 0.316 e. The van der Waals surface area contributed by atoms with Crippen molar-refractivity contribution in [2.45, 2.75) is 20.3 Å². The van der Waals surface area contributed by atoms with Gasteiger partial charge in [-0.1, -0.05) is 13.8 Å². The molecule has 0 atom stereocenters. The fourth-order valence-electron chi connectivity index (χ4n) is 1.07. The Labute approximate surface area is 51.5 Å². The summed E-state index contributed by atoms with van der Waals surface area (Å²) in [5.74, 6) is 2.52. The second-order valence-corrected chi connectivity index (χ2v) is 2.94. The van der Waals surface area contributed by atoms with Gasteiger partial charge in [0.15, 0.2) is 0 Å². The number of hydrogen-bond acceptors (Lipinski definition) is 1. The van der Waals surface area contributed by atoms with Crippen LogP contribution in [0.2, 0.25) is 0 Å². The summed E-state index contributed by atoms with van der Waals surface area (Å²) in [7, 11) is 0. The van der Waals surface area contributed by atoms with Crippen molar-refractivity contribution in [2.75, 3.05) is 13.1 Å². The Morgan fingerprint density at radius 2 is 2.12 bits per heavy atom. The van der Waals surface area contributed by atoms with E-state index in [0.717, 1.165) is 5.92 Å². The van der Waals surface area contributed by atoms with Gasteiger partial charge in [-0.05, 0) is 31.3 Å². The van der Waals surface area contributed by atoms with Crippen molar-refractivity contribution < 1.29 is 0 Å². The molecule has 0 aromatic heterocycles. The first-order chi connectivity index (χ1) is 3.79. The fraction of sp³-hybridized carbons (Fsp3) is 0.857. The van der Waals surface area contributed by atoms with Crippen LogP contribution in [-0.4, -0.2) is 13.1 Å². The predicted octanol–water partition coefficient (Wildman–Crippen LogP) is 1.21. The lowest BCUT2D eigenvalue weighted by molar-refractivity contribution is 0.334. The van der Waals surface area contributed by atoms with E-state index >= 15 is 0 Å². The van der Waals surface area contributed by atoms with Crippen molar-refractivity contribution in [3.8, 4) is 0 Å². The molecular formula is C7H14N. The SMILES string of the molecule is C[C](C)CC1CNC1. The monoisotopic (exact) mass is 112 g/mol. The fourth-order valence-corrected chi connectivity index (χ4v) is 1.07. The minimum atomic E-state index is 0.958. The predicted molar refractivity (Wildman–Crippen MR) is 35.6 cm³/mol. The van der Waals surface area contributed by atoms with Gasteiger partial charge >= 0.3 is 0 Å². The van der Waals surface area contributed by atoms with E-state index in [0.29, 0.717) is 0 Å². The summed E-state index contributed by atoms with van der Waals surface area (Å²) in [4.78, 5) is 0. The van der Waals surface area contributed by atoms with Crippen LogP contribution in [0.1, 0.15) is 20.3 Å². The maximum atomic E-state index is 3.25. The van der Waals surface area contributed by atoms with Crippen LogP contribution in [0, 0.1) is 11.8 Å². The van der Waals surface area contributed by atoms with Crippen LogP contribution in [0.3, 0.4) is 0 Å². The first-order valence-electron chi connectivity index (χ1n) is 3.29. The van der Waals surface area contributed by atoms with Crippen molar-refractivity contribution in [1.82, 2.24) is 5.32 Å². The van der Waals surface area contributed by atoms with Crippen molar-refractivity contribution in [3.63, 3.8) is 0 Å². The number of rotatable bonds is 2. The molecule has 1 radical (unpaired) electrons. The second-order valence-electron chi connectivity index (χ2n) is 2.94. The van der Waals surface area contributed by atoms with Crippen LogP contribution in [0.15, 0.2) is 0 Å².